The van der Waals surface area contributed by atoms with Crippen molar-refractivity contribution < 1.29 is 9.21 Å². The summed E-state index contributed by atoms with van der Waals surface area (Å²) in [6.45, 7) is 0. The number of hydrogen-bond acceptors (Lipinski definition) is 6. The smallest absolute Gasteiger partial charge is 0.249 e. The van der Waals surface area contributed by atoms with Crippen LogP contribution in [0.3, 0.4) is 0 Å². The minimum absolute atomic E-state index is 0.0568. The molecule has 1 heterocycles. The van der Waals surface area contributed by atoms with E-state index in [0.29, 0.717) is 0 Å². The lowest BCUT2D eigenvalue weighted by molar-refractivity contribution is 0.104. The first-order chi connectivity index (χ1) is 9.31. The molecule has 0 aliphatic heterocycles. The van der Waals surface area contributed by atoms with Gasteiger partial charge in [-0.2, -0.15) is 10.2 Å². The highest BCUT2D eigenvalue weighted by molar-refractivity contribution is 6.64. The fourth-order valence-electron chi connectivity index (χ4n) is 1.38. The van der Waals surface area contributed by atoms with Crippen molar-refractivity contribution in [2.24, 2.45) is 16.0 Å². The monoisotopic (exact) mass is 256 g/mol. The highest BCUT2D eigenvalue weighted by atomic mass is 16.3. The van der Waals surface area contributed by atoms with Gasteiger partial charge in [-0.15, -0.1) is 0 Å². The largest absolute Gasteiger partial charge is 0.461 e. The van der Waals surface area contributed by atoms with Crippen molar-refractivity contribution in [3.63, 3.8) is 0 Å². The van der Waals surface area contributed by atoms with Crippen LogP contribution >= 0.6 is 0 Å². The molecule has 0 atom stereocenters. The van der Waals surface area contributed by atoms with Gasteiger partial charge in [0.2, 0.25) is 5.78 Å². The third-order valence-electron chi connectivity index (χ3n) is 2.25. The summed E-state index contributed by atoms with van der Waals surface area (Å²) in [6, 6.07) is 12.4. The van der Waals surface area contributed by atoms with Crippen LogP contribution in [-0.2, 0) is 0 Å². The average Bonchev–Trinajstić information content (AvgIpc) is 2.98. The van der Waals surface area contributed by atoms with E-state index in [2.05, 4.69) is 15.6 Å². The summed E-state index contributed by atoms with van der Waals surface area (Å²) < 4.78 is 5.01. The molecule has 1 aromatic heterocycles. The second-order valence-corrected chi connectivity index (χ2v) is 3.56. The SMILES string of the molecule is N/N=C/C(=N/Nc1ccccc1)C(=O)c1ccco1. The lowest BCUT2D eigenvalue weighted by Crippen LogP contribution is -2.17. The van der Waals surface area contributed by atoms with Crippen LogP contribution in [0.2, 0.25) is 0 Å². The maximum atomic E-state index is 12.0. The van der Waals surface area contributed by atoms with E-state index in [1.54, 1.807) is 12.1 Å². The summed E-state index contributed by atoms with van der Waals surface area (Å²) in [5.74, 6) is 4.84. The first-order valence-electron chi connectivity index (χ1n) is 5.51. The lowest BCUT2D eigenvalue weighted by Gasteiger charge is -2.01. The summed E-state index contributed by atoms with van der Waals surface area (Å²) in [5, 5.41) is 7.29. The molecular weight excluding hydrogens is 244 g/mol. The fraction of sp³-hybridized carbons (Fsp3) is 0. The first-order valence-corrected chi connectivity index (χ1v) is 5.51. The van der Waals surface area contributed by atoms with Gasteiger partial charge < -0.3 is 10.3 Å². The molecule has 0 saturated heterocycles. The van der Waals surface area contributed by atoms with Gasteiger partial charge in [0.15, 0.2) is 11.5 Å². The number of rotatable bonds is 5. The molecular formula is C13H12N4O2. The van der Waals surface area contributed by atoms with Gasteiger partial charge in [-0.05, 0) is 24.3 Å². The van der Waals surface area contributed by atoms with E-state index in [1.807, 2.05) is 30.3 Å². The maximum Gasteiger partial charge on any atom is 0.249 e. The summed E-state index contributed by atoms with van der Waals surface area (Å²) in [5.41, 5.74) is 3.56. The number of nitrogens with one attached hydrogen (secondary N) is 1. The van der Waals surface area contributed by atoms with Crippen molar-refractivity contribution in [3.8, 4) is 0 Å². The molecule has 96 valence electrons. The number of benzene rings is 1. The van der Waals surface area contributed by atoms with Crippen LogP contribution < -0.4 is 11.3 Å². The average molecular weight is 256 g/mol. The molecule has 2 aromatic rings. The van der Waals surface area contributed by atoms with Gasteiger partial charge in [0.25, 0.3) is 0 Å². The molecule has 0 fully saturated rings. The Kier molecular flexibility index (Phi) is 4.07. The van der Waals surface area contributed by atoms with Gasteiger partial charge in [-0.25, -0.2) is 0 Å². The number of anilines is 1. The molecule has 3 N–H and O–H groups in total. The number of nitrogens with zero attached hydrogens (tertiary/aromatic N) is 2. The maximum absolute atomic E-state index is 12.0. The number of ketones is 1. The lowest BCUT2D eigenvalue weighted by atomic mass is 10.2. The van der Waals surface area contributed by atoms with Crippen molar-refractivity contribution in [1.82, 2.24) is 0 Å². The molecule has 0 aliphatic rings. The zero-order valence-electron chi connectivity index (χ0n) is 9.98. The predicted octanol–water partition coefficient (Wildman–Crippen LogP) is 1.87. The van der Waals surface area contributed by atoms with Crippen molar-refractivity contribution >= 4 is 23.4 Å². The standard InChI is InChI=1S/C13H12N4O2/c14-15-9-11(13(18)12-7-4-8-19-12)17-16-10-5-2-1-3-6-10/h1-9,16H,14H2/b15-9+,17-11-. The summed E-state index contributed by atoms with van der Waals surface area (Å²) in [6.07, 6.45) is 2.58. The van der Waals surface area contributed by atoms with Gasteiger partial charge in [0.05, 0.1) is 18.2 Å². The van der Waals surface area contributed by atoms with Crippen molar-refractivity contribution in [1.29, 1.82) is 0 Å². The number of hydrazone groups is 2. The van der Waals surface area contributed by atoms with Crippen LogP contribution in [0, 0.1) is 0 Å². The molecule has 6 nitrogen and oxygen atoms in total. The van der Waals surface area contributed by atoms with Gasteiger partial charge in [-0.1, -0.05) is 18.2 Å². The number of furan rings is 1. The van der Waals surface area contributed by atoms with E-state index >= 15 is 0 Å². The first kappa shape index (κ1) is 12.6. The Morgan fingerprint density at radius 3 is 2.63 bits per heavy atom. The summed E-state index contributed by atoms with van der Waals surface area (Å²) in [7, 11) is 0. The summed E-state index contributed by atoms with van der Waals surface area (Å²) in [4.78, 5) is 12.0. The second-order valence-electron chi connectivity index (χ2n) is 3.56. The number of hydrogen-bond donors (Lipinski definition) is 2. The summed E-state index contributed by atoms with van der Waals surface area (Å²) >= 11 is 0. The molecule has 0 aliphatic carbocycles. The molecule has 6 heteroatoms. The Hall–Kier alpha value is -2.89. The van der Waals surface area contributed by atoms with Crippen molar-refractivity contribution in [2.75, 3.05) is 5.43 Å². The van der Waals surface area contributed by atoms with Crippen LogP contribution in [0.1, 0.15) is 10.6 Å². The molecule has 0 radical (unpaired) electrons. The molecule has 0 saturated carbocycles. The molecule has 0 amide bonds. The molecule has 0 spiro atoms. The number of carbonyl (C=O) groups excluding carboxylic acids is 1. The van der Waals surface area contributed by atoms with E-state index in [0.717, 1.165) is 5.69 Å². The van der Waals surface area contributed by atoms with Gasteiger partial charge in [0, 0.05) is 0 Å². The number of Topliss-reactive ketones (excluding diaryl/α,β-unsaturated/α-hetero) is 1. The van der Waals surface area contributed by atoms with Gasteiger partial charge >= 0.3 is 0 Å². The minimum atomic E-state index is -0.400. The Morgan fingerprint density at radius 2 is 2.00 bits per heavy atom. The minimum Gasteiger partial charge on any atom is -0.461 e. The van der Waals surface area contributed by atoms with Crippen molar-refractivity contribution in [3.05, 3.63) is 54.5 Å². The fourth-order valence-corrected chi connectivity index (χ4v) is 1.38. The Morgan fingerprint density at radius 1 is 1.21 bits per heavy atom. The number of para-hydroxylation sites is 1. The van der Waals surface area contributed by atoms with Gasteiger partial charge in [0.1, 0.15) is 0 Å². The Labute approximate surface area is 109 Å². The van der Waals surface area contributed by atoms with E-state index in [9.17, 15) is 4.79 Å². The van der Waals surface area contributed by atoms with Crippen molar-refractivity contribution in [2.45, 2.75) is 0 Å². The van der Waals surface area contributed by atoms with Gasteiger partial charge in [-0.3, -0.25) is 10.2 Å². The van der Waals surface area contributed by atoms with Crippen LogP contribution in [0.15, 0.2) is 63.3 Å². The molecule has 0 bridgehead atoms. The third-order valence-corrected chi connectivity index (χ3v) is 2.25. The highest BCUT2D eigenvalue weighted by Crippen LogP contribution is 2.06. The van der Waals surface area contributed by atoms with E-state index in [-0.39, 0.29) is 11.5 Å². The van der Waals surface area contributed by atoms with Crippen LogP contribution in [-0.4, -0.2) is 17.7 Å². The van der Waals surface area contributed by atoms with Crippen LogP contribution in [0.25, 0.3) is 0 Å². The molecule has 0 unspecified atom stereocenters. The zero-order valence-corrected chi connectivity index (χ0v) is 9.98. The van der Waals surface area contributed by atoms with E-state index < -0.39 is 5.78 Å². The van der Waals surface area contributed by atoms with Crippen LogP contribution in [0.5, 0.6) is 0 Å². The predicted molar refractivity (Wildman–Crippen MR) is 73.2 cm³/mol. The topological polar surface area (TPSA) is 93.0 Å². The van der Waals surface area contributed by atoms with E-state index in [4.69, 9.17) is 10.3 Å². The molecule has 1 aromatic carbocycles. The normalized spacial score (nSPS) is 11.7. The zero-order chi connectivity index (χ0) is 13.5. The second kappa shape index (κ2) is 6.15. The highest BCUT2D eigenvalue weighted by Gasteiger charge is 2.15. The quantitative estimate of drug-likeness (QED) is 0.369. The number of carbonyl (C=O) groups is 1. The Balaban J connectivity index is 2.18. The number of nitrogens with two attached hydrogens (primary N) is 1. The Bertz CT molecular complexity index is 588. The van der Waals surface area contributed by atoms with E-state index in [1.165, 1.54) is 12.5 Å². The molecule has 19 heavy (non-hydrogen) atoms. The van der Waals surface area contributed by atoms with Crippen LogP contribution in [0.4, 0.5) is 5.69 Å². The molecule has 2 rings (SSSR count). The third kappa shape index (κ3) is 3.29.